The lowest BCUT2D eigenvalue weighted by atomic mass is 9.87. The fraction of sp³-hybridized carbons (Fsp3) is 0.273. The first kappa shape index (κ1) is 17.3. The summed E-state index contributed by atoms with van der Waals surface area (Å²) in [4.78, 5) is 13.1. The zero-order chi connectivity index (χ0) is 18.8. The van der Waals surface area contributed by atoms with Crippen LogP contribution in [0.25, 0.3) is 11.3 Å². The number of hydrogen-bond acceptors (Lipinski definition) is 4. The number of ether oxygens (including phenoxy) is 1. The molecule has 1 aromatic heterocycles. The van der Waals surface area contributed by atoms with Gasteiger partial charge in [-0.2, -0.15) is 0 Å². The minimum atomic E-state index is -0.152. The van der Waals surface area contributed by atoms with E-state index in [0.717, 1.165) is 30.6 Å². The number of carbonyl (C=O) groups is 1. The molecule has 1 heterocycles. The topological polar surface area (TPSA) is 64.4 Å². The summed E-state index contributed by atoms with van der Waals surface area (Å²) in [6.07, 6.45) is 3.06. The summed E-state index contributed by atoms with van der Waals surface area (Å²) in [5.41, 5.74) is 4.39. The molecule has 0 saturated heterocycles. The van der Waals surface area contributed by atoms with Gasteiger partial charge in [-0.15, -0.1) is 0 Å². The summed E-state index contributed by atoms with van der Waals surface area (Å²) in [5, 5.41) is 7.21. The second-order valence-electron chi connectivity index (χ2n) is 6.82. The standard InChI is InChI=1S/C22H22N2O3/c1-14-20(21(27-24-14)16-10-12-17(26-2)13-11-16)22(25)23-19-9-5-7-15-6-3-4-8-18(15)19/h3-4,6,8,10-13,19H,5,7,9H2,1-2H3,(H,23,25)/t19-/m1/s1. The van der Waals surface area contributed by atoms with E-state index in [1.54, 1.807) is 14.0 Å². The lowest BCUT2D eigenvalue weighted by Gasteiger charge is -2.26. The Balaban J connectivity index is 1.62. The van der Waals surface area contributed by atoms with Gasteiger partial charge in [-0.1, -0.05) is 29.4 Å². The molecule has 5 heteroatoms. The van der Waals surface area contributed by atoms with E-state index >= 15 is 0 Å². The van der Waals surface area contributed by atoms with Crippen LogP contribution in [0.5, 0.6) is 5.75 Å². The van der Waals surface area contributed by atoms with Crippen molar-refractivity contribution in [3.05, 3.63) is 70.9 Å². The predicted molar refractivity (Wildman–Crippen MR) is 103 cm³/mol. The summed E-state index contributed by atoms with van der Waals surface area (Å²) < 4.78 is 10.7. The van der Waals surface area contributed by atoms with E-state index in [9.17, 15) is 4.79 Å². The smallest absolute Gasteiger partial charge is 0.257 e. The van der Waals surface area contributed by atoms with Crippen molar-refractivity contribution in [1.29, 1.82) is 0 Å². The minimum absolute atomic E-state index is 0.0143. The molecule has 1 aliphatic rings. The number of nitrogens with one attached hydrogen (secondary N) is 1. The Morgan fingerprint density at radius 3 is 2.74 bits per heavy atom. The van der Waals surface area contributed by atoms with Crippen molar-refractivity contribution >= 4 is 5.91 Å². The number of methoxy groups -OCH3 is 1. The van der Waals surface area contributed by atoms with Gasteiger partial charge in [0.05, 0.1) is 18.8 Å². The molecule has 27 heavy (non-hydrogen) atoms. The number of benzene rings is 2. The molecule has 0 radical (unpaired) electrons. The summed E-state index contributed by atoms with van der Waals surface area (Å²) in [7, 11) is 1.62. The first-order chi connectivity index (χ1) is 13.2. The van der Waals surface area contributed by atoms with Gasteiger partial charge in [0, 0.05) is 5.56 Å². The first-order valence-electron chi connectivity index (χ1n) is 9.16. The molecule has 0 unspecified atom stereocenters. The highest BCUT2D eigenvalue weighted by Gasteiger charge is 2.26. The minimum Gasteiger partial charge on any atom is -0.497 e. The molecule has 1 amide bonds. The Morgan fingerprint density at radius 2 is 1.96 bits per heavy atom. The van der Waals surface area contributed by atoms with Crippen molar-refractivity contribution in [2.24, 2.45) is 0 Å². The maximum absolute atomic E-state index is 13.1. The number of aromatic nitrogens is 1. The van der Waals surface area contributed by atoms with E-state index in [-0.39, 0.29) is 11.9 Å². The number of fused-ring (bicyclic) bond motifs is 1. The lowest BCUT2D eigenvalue weighted by Crippen LogP contribution is -2.31. The second-order valence-corrected chi connectivity index (χ2v) is 6.82. The SMILES string of the molecule is COc1ccc(-c2onc(C)c2C(=O)N[C@@H]2CCCc3ccccc32)cc1. The van der Waals surface area contributed by atoms with Crippen molar-refractivity contribution in [3.63, 3.8) is 0 Å². The van der Waals surface area contributed by atoms with Crippen LogP contribution < -0.4 is 10.1 Å². The van der Waals surface area contributed by atoms with Gasteiger partial charge >= 0.3 is 0 Å². The molecule has 0 spiro atoms. The van der Waals surface area contributed by atoms with E-state index in [1.807, 2.05) is 30.3 Å². The van der Waals surface area contributed by atoms with Crippen LogP contribution in [0.15, 0.2) is 53.1 Å². The van der Waals surface area contributed by atoms with E-state index in [1.165, 1.54) is 11.1 Å². The number of amides is 1. The van der Waals surface area contributed by atoms with Gasteiger partial charge in [0.1, 0.15) is 11.3 Å². The monoisotopic (exact) mass is 362 g/mol. The number of carbonyl (C=O) groups excluding carboxylic acids is 1. The maximum atomic E-state index is 13.1. The summed E-state index contributed by atoms with van der Waals surface area (Å²) in [6.45, 7) is 1.79. The molecule has 1 aliphatic carbocycles. The lowest BCUT2D eigenvalue weighted by molar-refractivity contribution is 0.0932. The molecule has 0 saturated carbocycles. The summed E-state index contributed by atoms with van der Waals surface area (Å²) >= 11 is 0. The molecule has 2 aromatic carbocycles. The molecule has 0 fully saturated rings. The molecule has 0 bridgehead atoms. The fourth-order valence-electron chi connectivity index (χ4n) is 3.71. The number of aryl methyl sites for hydroxylation is 2. The van der Waals surface area contributed by atoms with Gasteiger partial charge in [0.15, 0.2) is 5.76 Å². The van der Waals surface area contributed by atoms with E-state index < -0.39 is 0 Å². The van der Waals surface area contributed by atoms with Crippen LogP contribution in [-0.2, 0) is 6.42 Å². The number of hydrogen-bond donors (Lipinski definition) is 1. The highest BCUT2D eigenvalue weighted by atomic mass is 16.5. The summed E-state index contributed by atoms with van der Waals surface area (Å²) in [6, 6.07) is 15.7. The third-order valence-corrected chi connectivity index (χ3v) is 5.12. The van der Waals surface area contributed by atoms with Gasteiger partial charge in [-0.25, -0.2) is 0 Å². The Kier molecular flexibility index (Phi) is 4.67. The second kappa shape index (κ2) is 7.27. The van der Waals surface area contributed by atoms with Gasteiger partial charge in [-0.3, -0.25) is 4.79 Å². The van der Waals surface area contributed by atoms with E-state index in [4.69, 9.17) is 9.26 Å². The summed E-state index contributed by atoms with van der Waals surface area (Å²) in [5.74, 6) is 1.08. The van der Waals surface area contributed by atoms with Crippen LogP contribution in [0.3, 0.4) is 0 Å². The van der Waals surface area contributed by atoms with E-state index in [0.29, 0.717) is 17.0 Å². The van der Waals surface area contributed by atoms with Crippen LogP contribution in [-0.4, -0.2) is 18.2 Å². The van der Waals surface area contributed by atoms with Gasteiger partial charge in [0.2, 0.25) is 0 Å². The third-order valence-electron chi connectivity index (χ3n) is 5.12. The number of nitrogens with zero attached hydrogens (tertiary/aromatic N) is 1. The molecule has 138 valence electrons. The van der Waals surface area contributed by atoms with Gasteiger partial charge in [0.25, 0.3) is 5.91 Å². The van der Waals surface area contributed by atoms with Crippen molar-refractivity contribution in [2.75, 3.05) is 7.11 Å². The van der Waals surface area contributed by atoms with Gasteiger partial charge < -0.3 is 14.6 Å². The van der Waals surface area contributed by atoms with Crippen molar-refractivity contribution in [1.82, 2.24) is 10.5 Å². The average Bonchev–Trinajstić information content (AvgIpc) is 3.10. The molecule has 4 rings (SSSR count). The van der Waals surface area contributed by atoms with Crippen molar-refractivity contribution in [2.45, 2.75) is 32.2 Å². The fourth-order valence-corrected chi connectivity index (χ4v) is 3.71. The van der Waals surface area contributed by atoms with Crippen molar-refractivity contribution in [3.8, 4) is 17.1 Å². The highest BCUT2D eigenvalue weighted by Crippen LogP contribution is 2.32. The van der Waals surface area contributed by atoms with Crippen molar-refractivity contribution < 1.29 is 14.1 Å². The zero-order valence-corrected chi connectivity index (χ0v) is 15.5. The van der Waals surface area contributed by atoms with Crippen LogP contribution in [0.2, 0.25) is 0 Å². The normalized spacial score (nSPS) is 15.9. The predicted octanol–water partition coefficient (Wildman–Crippen LogP) is 4.47. The molecular weight excluding hydrogens is 340 g/mol. The molecule has 0 aliphatic heterocycles. The molecule has 1 N–H and O–H groups in total. The number of rotatable bonds is 4. The average molecular weight is 362 g/mol. The zero-order valence-electron chi connectivity index (χ0n) is 15.5. The van der Waals surface area contributed by atoms with Crippen LogP contribution in [0, 0.1) is 6.92 Å². The molecule has 5 nitrogen and oxygen atoms in total. The Bertz CT molecular complexity index is 960. The van der Waals surface area contributed by atoms with Crippen LogP contribution in [0.1, 0.15) is 46.1 Å². The Labute approximate surface area is 158 Å². The first-order valence-corrected chi connectivity index (χ1v) is 9.16. The highest BCUT2D eigenvalue weighted by molar-refractivity contribution is 6.00. The van der Waals surface area contributed by atoms with Gasteiger partial charge in [-0.05, 0) is 61.6 Å². The van der Waals surface area contributed by atoms with Crippen LogP contribution in [0.4, 0.5) is 0 Å². The molecule has 1 atom stereocenters. The third kappa shape index (κ3) is 3.33. The Morgan fingerprint density at radius 1 is 1.19 bits per heavy atom. The molecule has 3 aromatic rings. The van der Waals surface area contributed by atoms with E-state index in [2.05, 4.69) is 28.7 Å². The molecular formula is C22H22N2O3. The van der Waals surface area contributed by atoms with Crippen LogP contribution >= 0.6 is 0 Å². The largest absolute Gasteiger partial charge is 0.497 e. The maximum Gasteiger partial charge on any atom is 0.257 e. The quantitative estimate of drug-likeness (QED) is 0.744. The Hall–Kier alpha value is -3.08.